The lowest BCUT2D eigenvalue weighted by Gasteiger charge is -2.33. The van der Waals surface area contributed by atoms with Gasteiger partial charge in [0.1, 0.15) is 5.75 Å². The van der Waals surface area contributed by atoms with Crippen LogP contribution in [0.1, 0.15) is 37.4 Å². The summed E-state index contributed by atoms with van der Waals surface area (Å²) in [7, 11) is 1.63. The fraction of sp³-hybridized carbons (Fsp3) is 0.571. The summed E-state index contributed by atoms with van der Waals surface area (Å²) < 4.78 is 6.14. The Labute approximate surface area is 116 Å². The summed E-state index contributed by atoms with van der Waals surface area (Å²) in [5.41, 5.74) is 6.63. The molecule has 0 spiro atoms. The Balaban J connectivity index is 2.35. The molecule has 0 aliphatic heterocycles. The van der Waals surface area contributed by atoms with Crippen molar-refractivity contribution in [2.75, 3.05) is 13.7 Å². The lowest BCUT2D eigenvalue weighted by molar-refractivity contribution is 0.0326. The number of benzene rings is 1. The van der Waals surface area contributed by atoms with Crippen LogP contribution in [0.2, 0.25) is 0 Å². The van der Waals surface area contributed by atoms with Crippen LogP contribution in [0.3, 0.4) is 0 Å². The van der Waals surface area contributed by atoms with Crippen LogP contribution in [0.15, 0.2) is 22.7 Å². The second-order valence-corrected chi connectivity index (χ2v) is 5.92. The first-order valence-electron chi connectivity index (χ1n) is 6.34. The molecule has 1 aliphatic carbocycles. The zero-order valence-electron chi connectivity index (χ0n) is 10.7. The summed E-state index contributed by atoms with van der Waals surface area (Å²) in [6, 6.07) is 5.69. The molecule has 1 saturated carbocycles. The second kappa shape index (κ2) is 5.59. The zero-order valence-corrected chi connectivity index (χ0v) is 12.2. The topological polar surface area (TPSA) is 55.5 Å². The molecule has 100 valence electrons. The molecule has 1 atom stereocenters. The smallest absolute Gasteiger partial charge is 0.119 e. The highest BCUT2D eigenvalue weighted by molar-refractivity contribution is 9.10. The van der Waals surface area contributed by atoms with Gasteiger partial charge in [-0.15, -0.1) is 0 Å². The van der Waals surface area contributed by atoms with Crippen LogP contribution >= 0.6 is 15.9 Å². The van der Waals surface area contributed by atoms with E-state index in [0.717, 1.165) is 41.5 Å². The maximum atomic E-state index is 10.7. The van der Waals surface area contributed by atoms with Crippen molar-refractivity contribution >= 4 is 15.9 Å². The molecule has 0 saturated heterocycles. The Morgan fingerprint density at radius 3 is 2.67 bits per heavy atom. The van der Waals surface area contributed by atoms with Gasteiger partial charge in [-0.3, -0.25) is 0 Å². The molecule has 1 unspecified atom stereocenters. The standard InChI is InChI=1S/C14H20BrNO2/c1-18-10-4-5-12(15)11(8-10)13(17)14(9-16)6-2-3-7-14/h4-5,8,13,17H,2-3,6-7,9,16H2,1H3. The van der Waals surface area contributed by atoms with Crippen LogP contribution in [-0.2, 0) is 0 Å². The van der Waals surface area contributed by atoms with Gasteiger partial charge in [-0.05, 0) is 36.6 Å². The van der Waals surface area contributed by atoms with Crippen molar-refractivity contribution in [3.05, 3.63) is 28.2 Å². The van der Waals surface area contributed by atoms with Gasteiger partial charge in [0.2, 0.25) is 0 Å². The molecule has 2 rings (SSSR count). The van der Waals surface area contributed by atoms with Crippen LogP contribution < -0.4 is 10.5 Å². The van der Waals surface area contributed by atoms with Crippen molar-refractivity contribution in [2.45, 2.75) is 31.8 Å². The number of methoxy groups -OCH3 is 1. The minimum atomic E-state index is -0.533. The minimum Gasteiger partial charge on any atom is -0.497 e. The summed E-state index contributed by atoms with van der Waals surface area (Å²) in [6.45, 7) is 0.526. The van der Waals surface area contributed by atoms with E-state index in [1.54, 1.807) is 7.11 Å². The third kappa shape index (κ3) is 2.42. The summed E-state index contributed by atoms with van der Waals surface area (Å²) in [4.78, 5) is 0. The SMILES string of the molecule is COc1ccc(Br)c(C(O)C2(CN)CCCC2)c1. The van der Waals surface area contributed by atoms with E-state index in [1.165, 1.54) is 0 Å². The van der Waals surface area contributed by atoms with E-state index >= 15 is 0 Å². The Kier molecular flexibility index (Phi) is 4.30. The summed E-state index contributed by atoms with van der Waals surface area (Å²) in [5.74, 6) is 0.761. The number of rotatable bonds is 4. The highest BCUT2D eigenvalue weighted by atomic mass is 79.9. The molecule has 1 fully saturated rings. The van der Waals surface area contributed by atoms with Gasteiger partial charge in [0.05, 0.1) is 13.2 Å². The molecule has 4 heteroatoms. The number of ether oxygens (including phenoxy) is 1. The van der Waals surface area contributed by atoms with Crippen molar-refractivity contribution < 1.29 is 9.84 Å². The van der Waals surface area contributed by atoms with Gasteiger partial charge in [-0.1, -0.05) is 28.8 Å². The Morgan fingerprint density at radius 2 is 2.11 bits per heavy atom. The second-order valence-electron chi connectivity index (χ2n) is 5.06. The third-order valence-corrected chi connectivity index (χ3v) is 4.81. The maximum absolute atomic E-state index is 10.7. The Hall–Kier alpha value is -0.580. The van der Waals surface area contributed by atoms with Gasteiger partial charge in [0, 0.05) is 16.4 Å². The first-order valence-corrected chi connectivity index (χ1v) is 7.14. The fourth-order valence-corrected chi connectivity index (χ4v) is 3.32. The van der Waals surface area contributed by atoms with Gasteiger partial charge in [-0.25, -0.2) is 0 Å². The average molecular weight is 314 g/mol. The lowest BCUT2D eigenvalue weighted by atomic mass is 9.77. The number of aliphatic hydroxyl groups excluding tert-OH is 1. The molecule has 0 bridgehead atoms. The normalized spacial score (nSPS) is 19.8. The van der Waals surface area contributed by atoms with Gasteiger partial charge >= 0.3 is 0 Å². The zero-order chi connectivity index (χ0) is 13.2. The molecule has 0 radical (unpaired) electrons. The summed E-state index contributed by atoms with van der Waals surface area (Å²) in [6.07, 6.45) is 3.75. The summed E-state index contributed by atoms with van der Waals surface area (Å²) >= 11 is 3.50. The monoisotopic (exact) mass is 313 g/mol. The highest BCUT2D eigenvalue weighted by Gasteiger charge is 2.40. The molecule has 1 aromatic rings. The minimum absolute atomic E-state index is 0.172. The van der Waals surface area contributed by atoms with E-state index in [1.807, 2.05) is 18.2 Å². The van der Waals surface area contributed by atoms with Gasteiger partial charge in [-0.2, -0.15) is 0 Å². The highest BCUT2D eigenvalue weighted by Crippen LogP contribution is 2.48. The van der Waals surface area contributed by atoms with Crippen molar-refractivity contribution in [3.8, 4) is 5.75 Å². The van der Waals surface area contributed by atoms with Gasteiger partial charge < -0.3 is 15.6 Å². The van der Waals surface area contributed by atoms with Crippen molar-refractivity contribution in [3.63, 3.8) is 0 Å². The fourth-order valence-electron chi connectivity index (χ4n) is 2.86. The first-order chi connectivity index (χ1) is 8.63. The summed E-state index contributed by atoms with van der Waals surface area (Å²) in [5, 5.41) is 10.7. The van der Waals surface area contributed by atoms with Crippen LogP contribution in [-0.4, -0.2) is 18.8 Å². The molecule has 0 aromatic heterocycles. The number of hydrogen-bond donors (Lipinski definition) is 2. The van der Waals surface area contributed by atoms with E-state index in [9.17, 15) is 5.11 Å². The van der Waals surface area contributed by atoms with Crippen molar-refractivity contribution in [1.82, 2.24) is 0 Å². The van der Waals surface area contributed by atoms with Crippen LogP contribution in [0, 0.1) is 5.41 Å². The maximum Gasteiger partial charge on any atom is 0.119 e. The van der Waals surface area contributed by atoms with E-state index in [-0.39, 0.29) is 5.41 Å². The number of nitrogens with two attached hydrogens (primary N) is 1. The van der Waals surface area contributed by atoms with Crippen molar-refractivity contribution in [2.24, 2.45) is 11.1 Å². The predicted octanol–water partition coefficient (Wildman–Crippen LogP) is 3.01. The molecule has 0 amide bonds. The number of hydrogen-bond acceptors (Lipinski definition) is 3. The van der Waals surface area contributed by atoms with Gasteiger partial charge in [0.15, 0.2) is 0 Å². The van der Waals surface area contributed by atoms with Crippen LogP contribution in [0.4, 0.5) is 0 Å². The van der Waals surface area contributed by atoms with E-state index in [4.69, 9.17) is 10.5 Å². The Morgan fingerprint density at radius 1 is 1.44 bits per heavy atom. The largest absolute Gasteiger partial charge is 0.497 e. The average Bonchev–Trinajstić information content (AvgIpc) is 2.88. The first kappa shape index (κ1) is 13.8. The van der Waals surface area contributed by atoms with Crippen LogP contribution in [0.5, 0.6) is 5.75 Å². The molecule has 3 N–H and O–H groups in total. The number of halogens is 1. The van der Waals surface area contributed by atoms with Crippen LogP contribution in [0.25, 0.3) is 0 Å². The molecular weight excluding hydrogens is 294 g/mol. The molecule has 1 aromatic carbocycles. The molecule has 3 nitrogen and oxygen atoms in total. The molecule has 18 heavy (non-hydrogen) atoms. The third-order valence-electron chi connectivity index (χ3n) is 4.08. The Bertz CT molecular complexity index is 416. The predicted molar refractivity (Wildman–Crippen MR) is 75.6 cm³/mol. The van der Waals surface area contributed by atoms with Gasteiger partial charge in [0.25, 0.3) is 0 Å². The van der Waals surface area contributed by atoms with E-state index in [0.29, 0.717) is 6.54 Å². The van der Waals surface area contributed by atoms with E-state index in [2.05, 4.69) is 15.9 Å². The van der Waals surface area contributed by atoms with Crippen molar-refractivity contribution in [1.29, 1.82) is 0 Å². The molecule has 0 heterocycles. The quantitative estimate of drug-likeness (QED) is 0.898. The number of aliphatic hydroxyl groups is 1. The lowest BCUT2D eigenvalue weighted by Crippen LogP contribution is -2.34. The molecule has 1 aliphatic rings. The van der Waals surface area contributed by atoms with E-state index < -0.39 is 6.10 Å². The molecular formula is C14H20BrNO2.